The number of pyridine rings is 2. The highest BCUT2D eigenvalue weighted by molar-refractivity contribution is 5.55. The molecule has 0 bridgehead atoms. The molecule has 0 spiro atoms. The SMILES string of the molecule is Cc1ccc([C@@H]2CC2COc2cc(NCc3cnn4ccccc34)c(=O)n(C)n2)nc1. The van der Waals surface area contributed by atoms with Gasteiger partial charge in [-0.25, -0.2) is 9.20 Å². The van der Waals surface area contributed by atoms with Crippen LogP contribution in [0, 0.1) is 12.8 Å². The monoisotopic (exact) mass is 416 g/mol. The molecule has 1 unspecified atom stereocenters. The zero-order valence-electron chi connectivity index (χ0n) is 17.5. The number of nitrogens with zero attached hydrogens (tertiary/aromatic N) is 5. The Bertz CT molecular complexity index is 1280. The van der Waals surface area contributed by atoms with E-state index in [1.54, 1.807) is 19.3 Å². The molecular formula is C23H24N6O2. The summed E-state index contributed by atoms with van der Waals surface area (Å²) in [6.07, 6.45) is 6.66. The first-order valence-corrected chi connectivity index (χ1v) is 10.4. The quantitative estimate of drug-likeness (QED) is 0.499. The van der Waals surface area contributed by atoms with Gasteiger partial charge < -0.3 is 10.1 Å². The van der Waals surface area contributed by atoms with Crippen molar-refractivity contribution in [2.24, 2.45) is 13.0 Å². The third-order valence-corrected chi connectivity index (χ3v) is 5.70. The molecule has 1 fully saturated rings. The van der Waals surface area contributed by atoms with Gasteiger partial charge in [-0.2, -0.15) is 5.10 Å². The lowest BCUT2D eigenvalue weighted by Crippen LogP contribution is -2.24. The van der Waals surface area contributed by atoms with E-state index in [0.29, 0.717) is 36.6 Å². The highest BCUT2D eigenvalue weighted by atomic mass is 16.5. The first-order chi connectivity index (χ1) is 15.1. The average Bonchev–Trinajstić information content (AvgIpc) is 3.44. The third kappa shape index (κ3) is 4.01. The Kier molecular flexibility index (Phi) is 4.89. The second kappa shape index (κ2) is 7.86. The van der Waals surface area contributed by atoms with Crippen LogP contribution >= 0.6 is 0 Å². The summed E-state index contributed by atoms with van der Waals surface area (Å²) in [5.41, 5.74) is 4.54. The maximum absolute atomic E-state index is 12.5. The topological polar surface area (TPSA) is 86.3 Å². The molecule has 31 heavy (non-hydrogen) atoms. The summed E-state index contributed by atoms with van der Waals surface area (Å²) in [5.74, 6) is 1.29. The van der Waals surface area contributed by atoms with Gasteiger partial charge in [0.25, 0.3) is 5.56 Å². The largest absolute Gasteiger partial charge is 0.476 e. The van der Waals surface area contributed by atoms with Crippen molar-refractivity contribution in [1.29, 1.82) is 0 Å². The van der Waals surface area contributed by atoms with E-state index in [4.69, 9.17) is 4.74 Å². The molecule has 1 saturated carbocycles. The first kappa shape index (κ1) is 19.3. The van der Waals surface area contributed by atoms with Crippen LogP contribution in [-0.4, -0.2) is 31.0 Å². The first-order valence-electron chi connectivity index (χ1n) is 10.4. The van der Waals surface area contributed by atoms with E-state index in [2.05, 4.69) is 32.6 Å². The Morgan fingerprint density at radius 2 is 2.13 bits per heavy atom. The minimum absolute atomic E-state index is 0.197. The van der Waals surface area contributed by atoms with Gasteiger partial charge in [-0.3, -0.25) is 9.78 Å². The zero-order valence-corrected chi connectivity index (χ0v) is 17.5. The van der Waals surface area contributed by atoms with Crippen LogP contribution in [0.1, 0.15) is 29.2 Å². The van der Waals surface area contributed by atoms with Gasteiger partial charge in [-0.15, -0.1) is 5.10 Å². The van der Waals surface area contributed by atoms with Crippen molar-refractivity contribution in [2.75, 3.05) is 11.9 Å². The van der Waals surface area contributed by atoms with Crippen molar-refractivity contribution in [3.63, 3.8) is 0 Å². The molecule has 0 saturated heterocycles. The van der Waals surface area contributed by atoms with Gasteiger partial charge >= 0.3 is 0 Å². The summed E-state index contributed by atoms with van der Waals surface area (Å²) in [6.45, 7) is 3.08. The lowest BCUT2D eigenvalue weighted by molar-refractivity contribution is 0.278. The van der Waals surface area contributed by atoms with E-state index < -0.39 is 0 Å². The number of anilines is 1. The van der Waals surface area contributed by atoms with E-state index in [0.717, 1.165) is 28.8 Å². The molecule has 0 amide bonds. The number of hydrogen-bond acceptors (Lipinski definition) is 6. The Morgan fingerprint density at radius 3 is 2.97 bits per heavy atom. The second-order valence-corrected chi connectivity index (χ2v) is 8.05. The summed E-state index contributed by atoms with van der Waals surface area (Å²) in [5, 5.41) is 11.8. The Morgan fingerprint density at radius 1 is 1.23 bits per heavy atom. The number of aromatic nitrogens is 5. The van der Waals surface area contributed by atoms with Gasteiger partial charge in [0.15, 0.2) is 0 Å². The molecule has 0 aliphatic heterocycles. The van der Waals surface area contributed by atoms with Gasteiger partial charge in [0.2, 0.25) is 5.88 Å². The molecule has 1 aliphatic rings. The van der Waals surface area contributed by atoms with E-state index in [-0.39, 0.29) is 5.56 Å². The minimum Gasteiger partial charge on any atom is -0.476 e. The van der Waals surface area contributed by atoms with Gasteiger partial charge in [0.05, 0.1) is 18.3 Å². The van der Waals surface area contributed by atoms with Crippen molar-refractivity contribution < 1.29 is 4.74 Å². The van der Waals surface area contributed by atoms with Gasteiger partial charge in [-0.1, -0.05) is 12.1 Å². The highest BCUT2D eigenvalue weighted by Crippen LogP contribution is 2.46. The van der Waals surface area contributed by atoms with Gasteiger partial charge in [0.1, 0.15) is 5.69 Å². The fraction of sp³-hybridized carbons (Fsp3) is 0.304. The van der Waals surface area contributed by atoms with E-state index >= 15 is 0 Å². The predicted octanol–water partition coefficient (Wildman–Crippen LogP) is 2.93. The number of aryl methyl sites for hydroxylation is 2. The van der Waals surface area contributed by atoms with Crippen LogP contribution in [0.4, 0.5) is 5.69 Å². The lowest BCUT2D eigenvalue weighted by atomic mass is 10.2. The summed E-state index contributed by atoms with van der Waals surface area (Å²) in [6, 6.07) is 11.8. The van der Waals surface area contributed by atoms with Crippen LogP contribution in [0.15, 0.2) is 59.8 Å². The van der Waals surface area contributed by atoms with Crippen molar-refractivity contribution in [2.45, 2.75) is 25.8 Å². The molecule has 2 atom stereocenters. The van der Waals surface area contributed by atoms with Gasteiger partial charge in [0, 0.05) is 55.1 Å². The van der Waals surface area contributed by atoms with E-state index in [9.17, 15) is 4.79 Å². The summed E-state index contributed by atoms with van der Waals surface area (Å²) in [7, 11) is 1.63. The fourth-order valence-corrected chi connectivity index (χ4v) is 3.78. The van der Waals surface area contributed by atoms with Crippen LogP contribution in [0.25, 0.3) is 5.52 Å². The number of rotatable bonds is 7. The maximum Gasteiger partial charge on any atom is 0.290 e. The van der Waals surface area contributed by atoms with Crippen LogP contribution < -0.4 is 15.6 Å². The number of ether oxygens (including phenoxy) is 1. The Hall–Kier alpha value is -3.68. The van der Waals surface area contributed by atoms with E-state index in [1.165, 1.54) is 4.68 Å². The molecule has 8 heteroatoms. The highest BCUT2D eigenvalue weighted by Gasteiger charge is 2.40. The van der Waals surface area contributed by atoms with E-state index in [1.807, 2.05) is 42.0 Å². The third-order valence-electron chi connectivity index (χ3n) is 5.70. The predicted molar refractivity (Wildman–Crippen MR) is 117 cm³/mol. The zero-order chi connectivity index (χ0) is 21.4. The molecule has 4 aromatic heterocycles. The van der Waals surface area contributed by atoms with Crippen LogP contribution in [0.3, 0.4) is 0 Å². The molecule has 8 nitrogen and oxygen atoms in total. The number of fused-ring (bicyclic) bond motifs is 1. The lowest BCUT2D eigenvalue weighted by Gasteiger charge is -2.10. The molecule has 158 valence electrons. The summed E-state index contributed by atoms with van der Waals surface area (Å²) < 4.78 is 9.05. The van der Waals surface area contributed by atoms with Crippen LogP contribution in [0.2, 0.25) is 0 Å². The standard InChI is InChI=1S/C23H24N6O2/c1-15-6-7-19(24-11-15)18-9-16(18)14-31-22-10-20(23(30)28(2)27-22)25-12-17-13-26-29-8-4-3-5-21(17)29/h3-8,10-11,13,16,18,25H,9,12,14H2,1-2H3/t16?,18-/m1/s1. The second-order valence-electron chi connectivity index (χ2n) is 8.05. The smallest absolute Gasteiger partial charge is 0.290 e. The maximum atomic E-state index is 12.5. The average molecular weight is 416 g/mol. The molecule has 1 aliphatic carbocycles. The van der Waals surface area contributed by atoms with Crippen molar-refractivity contribution in [1.82, 2.24) is 24.4 Å². The molecule has 1 N–H and O–H groups in total. The summed E-state index contributed by atoms with van der Waals surface area (Å²) in [4.78, 5) is 17.0. The fourth-order valence-electron chi connectivity index (χ4n) is 3.78. The van der Waals surface area contributed by atoms with Crippen molar-refractivity contribution in [3.8, 4) is 5.88 Å². The summed E-state index contributed by atoms with van der Waals surface area (Å²) >= 11 is 0. The Labute approximate surface area is 179 Å². The molecule has 0 radical (unpaired) electrons. The van der Waals surface area contributed by atoms with Crippen LogP contribution in [0.5, 0.6) is 5.88 Å². The normalized spacial score (nSPS) is 17.6. The minimum atomic E-state index is -0.197. The van der Waals surface area contributed by atoms with Crippen molar-refractivity contribution >= 4 is 11.2 Å². The van der Waals surface area contributed by atoms with Crippen LogP contribution in [-0.2, 0) is 13.6 Å². The molecule has 5 rings (SSSR count). The Balaban J connectivity index is 1.24. The molecule has 0 aromatic carbocycles. The van der Waals surface area contributed by atoms with Crippen molar-refractivity contribution in [3.05, 3.63) is 82.2 Å². The molecular weight excluding hydrogens is 392 g/mol. The number of nitrogens with one attached hydrogen (secondary N) is 1. The number of hydrogen-bond donors (Lipinski definition) is 1. The van der Waals surface area contributed by atoms with Gasteiger partial charge in [-0.05, 0) is 37.1 Å². The molecule has 4 aromatic rings. The molecule has 4 heterocycles.